The summed E-state index contributed by atoms with van der Waals surface area (Å²) in [6.45, 7) is 0.822. The van der Waals surface area contributed by atoms with Crippen molar-refractivity contribution in [2.24, 2.45) is 0 Å². The van der Waals surface area contributed by atoms with E-state index in [-0.39, 0.29) is 17.6 Å². The lowest BCUT2D eigenvalue weighted by Gasteiger charge is -2.23. The molecular formula is C18H19F3N4O. The van der Waals surface area contributed by atoms with Crippen molar-refractivity contribution in [2.45, 2.75) is 37.9 Å². The number of aromatic nitrogens is 2. The second-order valence-corrected chi connectivity index (χ2v) is 6.80. The van der Waals surface area contributed by atoms with Gasteiger partial charge >= 0.3 is 6.18 Å². The molecule has 138 valence electrons. The Morgan fingerprint density at radius 3 is 2.88 bits per heavy atom. The first-order valence-electron chi connectivity index (χ1n) is 8.71. The van der Waals surface area contributed by atoms with Gasteiger partial charge in [0.15, 0.2) is 5.69 Å². The van der Waals surface area contributed by atoms with Gasteiger partial charge in [-0.1, -0.05) is 12.1 Å². The van der Waals surface area contributed by atoms with Gasteiger partial charge in [0.1, 0.15) is 0 Å². The molecular weight excluding hydrogens is 345 g/mol. The SMILES string of the molecule is O=C(NC1CCN(c2ccccc2C(F)(F)F)C1)c1n[nH]c2c1CCC2. The standard InChI is InChI=1S/C18H19F3N4O/c19-18(20,21)13-5-1-2-7-15(13)25-9-8-11(10-25)22-17(26)16-12-4-3-6-14(12)23-24-16/h1-2,5,7,11H,3-4,6,8-10H2,(H,22,26)(H,23,24). The van der Waals surface area contributed by atoms with Crippen molar-refractivity contribution in [2.75, 3.05) is 18.0 Å². The molecule has 8 heteroatoms. The van der Waals surface area contributed by atoms with Crippen LogP contribution < -0.4 is 10.2 Å². The summed E-state index contributed by atoms with van der Waals surface area (Å²) in [4.78, 5) is 14.2. The van der Waals surface area contributed by atoms with Gasteiger partial charge in [-0.2, -0.15) is 18.3 Å². The number of fused-ring (bicyclic) bond motifs is 1. The molecule has 26 heavy (non-hydrogen) atoms. The highest BCUT2D eigenvalue weighted by atomic mass is 19.4. The lowest BCUT2D eigenvalue weighted by Crippen LogP contribution is -2.38. The maximum Gasteiger partial charge on any atom is 0.418 e. The fourth-order valence-corrected chi connectivity index (χ4v) is 3.85. The van der Waals surface area contributed by atoms with Gasteiger partial charge in [-0.3, -0.25) is 9.89 Å². The Morgan fingerprint density at radius 2 is 2.08 bits per heavy atom. The van der Waals surface area contributed by atoms with Gasteiger partial charge in [-0.15, -0.1) is 0 Å². The van der Waals surface area contributed by atoms with Crippen LogP contribution >= 0.6 is 0 Å². The van der Waals surface area contributed by atoms with E-state index in [4.69, 9.17) is 0 Å². The van der Waals surface area contributed by atoms with Crippen LogP contribution in [0.15, 0.2) is 24.3 Å². The predicted molar refractivity (Wildman–Crippen MR) is 90.1 cm³/mol. The van der Waals surface area contributed by atoms with Gasteiger partial charge in [0.25, 0.3) is 5.91 Å². The first kappa shape index (κ1) is 16.9. The first-order valence-corrected chi connectivity index (χ1v) is 8.71. The van der Waals surface area contributed by atoms with E-state index in [2.05, 4.69) is 15.5 Å². The molecule has 1 saturated heterocycles. The van der Waals surface area contributed by atoms with E-state index in [1.165, 1.54) is 12.1 Å². The van der Waals surface area contributed by atoms with Crippen LogP contribution in [0.3, 0.4) is 0 Å². The molecule has 2 aliphatic rings. The number of carbonyl (C=O) groups excluding carboxylic acids is 1. The zero-order chi connectivity index (χ0) is 18.3. The van der Waals surface area contributed by atoms with E-state index in [0.29, 0.717) is 25.2 Å². The van der Waals surface area contributed by atoms with Gasteiger partial charge < -0.3 is 10.2 Å². The molecule has 0 saturated carbocycles. The van der Waals surface area contributed by atoms with Crippen LogP contribution in [-0.2, 0) is 19.0 Å². The summed E-state index contributed by atoms with van der Waals surface area (Å²) in [5.41, 5.74) is 1.93. The summed E-state index contributed by atoms with van der Waals surface area (Å²) >= 11 is 0. The number of H-pyrrole nitrogens is 1. The van der Waals surface area contributed by atoms with E-state index in [1.54, 1.807) is 11.0 Å². The molecule has 1 aromatic carbocycles. The number of anilines is 1. The molecule has 1 unspecified atom stereocenters. The van der Waals surface area contributed by atoms with E-state index >= 15 is 0 Å². The number of amides is 1. The number of alkyl halides is 3. The number of rotatable bonds is 3. The molecule has 1 fully saturated rings. The molecule has 1 aliphatic carbocycles. The Kier molecular flexibility index (Phi) is 4.13. The van der Waals surface area contributed by atoms with Gasteiger partial charge in [-0.05, 0) is 37.8 Å². The number of hydrogen-bond donors (Lipinski definition) is 2. The van der Waals surface area contributed by atoms with E-state index in [9.17, 15) is 18.0 Å². The zero-order valence-corrected chi connectivity index (χ0v) is 14.1. The molecule has 1 aromatic heterocycles. The number of aromatic amines is 1. The fraction of sp³-hybridized carbons (Fsp3) is 0.444. The molecule has 2 heterocycles. The summed E-state index contributed by atoms with van der Waals surface area (Å²) < 4.78 is 39.6. The number of hydrogen-bond acceptors (Lipinski definition) is 3. The maximum absolute atomic E-state index is 13.2. The van der Waals surface area contributed by atoms with Crippen LogP contribution in [0.25, 0.3) is 0 Å². The zero-order valence-electron chi connectivity index (χ0n) is 14.1. The number of nitrogens with zero attached hydrogens (tertiary/aromatic N) is 2. The number of aryl methyl sites for hydroxylation is 1. The van der Waals surface area contributed by atoms with Crippen molar-refractivity contribution < 1.29 is 18.0 Å². The van der Waals surface area contributed by atoms with Crippen LogP contribution in [0.4, 0.5) is 18.9 Å². The lowest BCUT2D eigenvalue weighted by molar-refractivity contribution is -0.137. The molecule has 4 rings (SSSR count). The van der Waals surface area contributed by atoms with Crippen LogP contribution in [-0.4, -0.2) is 35.2 Å². The highest BCUT2D eigenvalue weighted by Crippen LogP contribution is 2.37. The third kappa shape index (κ3) is 3.04. The molecule has 0 spiro atoms. The van der Waals surface area contributed by atoms with Crippen LogP contribution in [0, 0.1) is 0 Å². The highest BCUT2D eigenvalue weighted by molar-refractivity contribution is 5.94. The molecule has 0 bridgehead atoms. The summed E-state index contributed by atoms with van der Waals surface area (Å²) in [5, 5.41) is 9.93. The van der Waals surface area contributed by atoms with Crippen molar-refractivity contribution in [3.05, 3.63) is 46.8 Å². The Balaban J connectivity index is 1.45. The van der Waals surface area contributed by atoms with E-state index in [0.717, 1.165) is 36.6 Å². The largest absolute Gasteiger partial charge is 0.418 e. The smallest absolute Gasteiger partial charge is 0.369 e. The Hall–Kier alpha value is -2.51. The van der Waals surface area contributed by atoms with Crippen LogP contribution in [0.1, 0.15) is 40.2 Å². The van der Waals surface area contributed by atoms with Crippen molar-refractivity contribution in [1.82, 2.24) is 15.5 Å². The quantitative estimate of drug-likeness (QED) is 0.880. The van der Waals surface area contributed by atoms with Gasteiger partial charge in [0.2, 0.25) is 0 Å². The Morgan fingerprint density at radius 1 is 1.27 bits per heavy atom. The lowest BCUT2D eigenvalue weighted by atomic mass is 10.1. The molecule has 2 aromatic rings. The Labute approximate surface area is 148 Å². The number of benzene rings is 1. The summed E-state index contributed by atoms with van der Waals surface area (Å²) in [5.74, 6) is -0.250. The minimum atomic E-state index is -4.40. The van der Waals surface area contributed by atoms with E-state index in [1.807, 2.05) is 0 Å². The molecule has 5 nitrogen and oxygen atoms in total. The number of carbonyl (C=O) groups is 1. The summed E-state index contributed by atoms with van der Waals surface area (Å²) in [6, 6.07) is 5.36. The van der Waals surface area contributed by atoms with E-state index < -0.39 is 11.7 Å². The fourth-order valence-electron chi connectivity index (χ4n) is 3.85. The average molecular weight is 364 g/mol. The highest BCUT2D eigenvalue weighted by Gasteiger charge is 2.36. The second kappa shape index (κ2) is 6.34. The van der Waals surface area contributed by atoms with Crippen molar-refractivity contribution in [1.29, 1.82) is 0 Å². The maximum atomic E-state index is 13.2. The van der Waals surface area contributed by atoms with Gasteiger partial charge in [-0.25, -0.2) is 0 Å². The topological polar surface area (TPSA) is 61.0 Å². The molecule has 1 amide bonds. The predicted octanol–water partition coefficient (Wildman–Crippen LogP) is 2.93. The summed E-state index contributed by atoms with van der Waals surface area (Å²) in [7, 11) is 0. The van der Waals surface area contributed by atoms with Crippen molar-refractivity contribution >= 4 is 11.6 Å². The number of para-hydroxylation sites is 1. The van der Waals surface area contributed by atoms with Gasteiger partial charge in [0.05, 0.1) is 5.56 Å². The van der Waals surface area contributed by atoms with Crippen LogP contribution in [0.2, 0.25) is 0 Å². The number of nitrogens with one attached hydrogen (secondary N) is 2. The average Bonchev–Trinajstić information content (AvgIpc) is 3.30. The molecule has 2 N–H and O–H groups in total. The van der Waals surface area contributed by atoms with Gasteiger partial charge in [0, 0.05) is 36.1 Å². The second-order valence-electron chi connectivity index (χ2n) is 6.80. The monoisotopic (exact) mass is 364 g/mol. The van der Waals surface area contributed by atoms with Crippen molar-refractivity contribution in [3.63, 3.8) is 0 Å². The molecule has 1 aliphatic heterocycles. The molecule has 0 radical (unpaired) electrons. The first-order chi connectivity index (χ1) is 12.4. The van der Waals surface area contributed by atoms with Crippen molar-refractivity contribution in [3.8, 4) is 0 Å². The minimum Gasteiger partial charge on any atom is -0.369 e. The third-order valence-corrected chi connectivity index (χ3v) is 5.10. The minimum absolute atomic E-state index is 0.164. The summed E-state index contributed by atoms with van der Waals surface area (Å²) in [6.07, 6.45) is -1.04. The Bertz CT molecular complexity index is 830. The molecule has 1 atom stereocenters. The third-order valence-electron chi connectivity index (χ3n) is 5.10. The normalized spacial score (nSPS) is 19.7. The van der Waals surface area contributed by atoms with Crippen LogP contribution in [0.5, 0.6) is 0 Å². The number of halogens is 3.